The summed E-state index contributed by atoms with van der Waals surface area (Å²) in [4.78, 5) is 8.84. The van der Waals surface area contributed by atoms with Gasteiger partial charge in [0.15, 0.2) is 5.65 Å². The van der Waals surface area contributed by atoms with E-state index < -0.39 is 0 Å². The smallest absolute Gasteiger partial charge is 0.182 e. The second-order valence-electron chi connectivity index (χ2n) is 5.60. The molecule has 0 amide bonds. The van der Waals surface area contributed by atoms with E-state index >= 15 is 0 Å². The second-order valence-corrected chi connectivity index (χ2v) is 5.60. The molecule has 0 aliphatic heterocycles. The summed E-state index contributed by atoms with van der Waals surface area (Å²) in [5.41, 5.74) is 5.91. The Bertz CT molecular complexity index is 997. The molecule has 0 N–H and O–H groups in total. The maximum atomic E-state index is 4.73. The summed E-state index contributed by atoms with van der Waals surface area (Å²) in [5, 5.41) is 9.87. The number of fused-ring (bicyclic) bond motifs is 1. The molecule has 6 heteroatoms. The fourth-order valence-electron chi connectivity index (χ4n) is 2.80. The van der Waals surface area contributed by atoms with Crippen molar-refractivity contribution in [1.29, 1.82) is 0 Å². The van der Waals surface area contributed by atoms with Crippen LogP contribution < -0.4 is 0 Å². The fourth-order valence-corrected chi connectivity index (χ4v) is 2.80. The number of hydrogen-bond donors (Lipinski definition) is 0. The first-order valence-corrected chi connectivity index (χ1v) is 7.37. The average molecular weight is 304 g/mol. The molecule has 0 saturated heterocycles. The predicted octanol–water partition coefficient (Wildman–Crippen LogP) is 2.74. The molecule has 0 aromatic carbocycles. The van der Waals surface area contributed by atoms with Crippen molar-refractivity contribution in [3.8, 4) is 22.4 Å². The van der Waals surface area contributed by atoms with Gasteiger partial charge >= 0.3 is 0 Å². The van der Waals surface area contributed by atoms with Crippen LogP contribution in [0.4, 0.5) is 0 Å². The van der Waals surface area contributed by atoms with Gasteiger partial charge in [-0.25, -0.2) is 4.98 Å². The van der Waals surface area contributed by atoms with Crippen molar-refractivity contribution in [3.05, 3.63) is 48.7 Å². The van der Waals surface area contributed by atoms with Crippen molar-refractivity contribution in [1.82, 2.24) is 29.5 Å². The number of nitrogens with zero attached hydrogens (tertiary/aromatic N) is 6. The minimum absolute atomic E-state index is 0.748. The largest absolute Gasteiger partial charge is 0.275 e. The zero-order chi connectivity index (χ0) is 16.0. The molecule has 0 unspecified atom stereocenters. The minimum atomic E-state index is 0.748. The van der Waals surface area contributed by atoms with Gasteiger partial charge in [0.05, 0.1) is 11.9 Å². The average Bonchev–Trinajstić information content (AvgIpc) is 3.12. The van der Waals surface area contributed by atoms with Gasteiger partial charge < -0.3 is 0 Å². The highest BCUT2D eigenvalue weighted by molar-refractivity contribution is 5.96. The zero-order valence-electron chi connectivity index (χ0n) is 13.2. The van der Waals surface area contributed by atoms with Gasteiger partial charge in [0, 0.05) is 49.3 Å². The first kappa shape index (κ1) is 13.6. The van der Waals surface area contributed by atoms with Crippen molar-refractivity contribution in [3.63, 3.8) is 0 Å². The van der Waals surface area contributed by atoms with Crippen LogP contribution in [0.3, 0.4) is 0 Å². The summed E-state index contributed by atoms with van der Waals surface area (Å²) in [6.07, 6.45) is 7.38. The molecule has 23 heavy (non-hydrogen) atoms. The molecule has 0 radical (unpaired) electrons. The molecular formula is C17H16N6. The number of pyridine rings is 2. The summed E-state index contributed by atoms with van der Waals surface area (Å²) in [6.45, 7) is 2.06. The summed E-state index contributed by atoms with van der Waals surface area (Å²) in [6, 6.07) is 6.12. The van der Waals surface area contributed by atoms with Gasteiger partial charge in [-0.2, -0.15) is 10.2 Å². The van der Waals surface area contributed by atoms with Crippen LogP contribution >= 0.6 is 0 Å². The summed E-state index contributed by atoms with van der Waals surface area (Å²) >= 11 is 0. The van der Waals surface area contributed by atoms with Crippen molar-refractivity contribution in [2.45, 2.75) is 6.92 Å². The molecule has 4 aromatic rings. The normalized spacial score (nSPS) is 11.3. The van der Waals surface area contributed by atoms with Crippen molar-refractivity contribution >= 4 is 11.0 Å². The Morgan fingerprint density at radius 2 is 1.83 bits per heavy atom. The molecule has 0 fully saturated rings. The summed E-state index contributed by atoms with van der Waals surface area (Å²) in [7, 11) is 3.84. The van der Waals surface area contributed by atoms with E-state index in [1.165, 1.54) is 0 Å². The highest BCUT2D eigenvalue weighted by atomic mass is 15.3. The molecule has 0 bridgehead atoms. The number of aryl methyl sites for hydroxylation is 3. The van der Waals surface area contributed by atoms with Crippen LogP contribution in [0.5, 0.6) is 0 Å². The molecule has 0 aliphatic rings. The summed E-state index contributed by atoms with van der Waals surface area (Å²) < 4.78 is 3.65. The fraction of sp³-hybridized carbons (Fsp3) is 0.176. The molecule has 0 atom stereocenters. The molecular weight excluding hydrogens is 288 g/mol. The molecule has 114 valence electrons. The molecule has 0 saturated carbocycles. The lowest BCUT2D eigenvalue weighted by molar-refractivity contribution is 0.748. The van der Waals surface area contributed by atoms with E-state index in [1.807, 2.05) is 43.3 Å². The number of hydrogen-bond acceptors (Lipinski definition) is 4. The highest BCUT2D eigenvalue weighted by Crippen LogP contribution is 2.33. The first-order valence-electron chi connectivity index (χ1n) is 7.37. The van der Waals surface area contributed by atoms with E-state index in [1.54, 1.807) is 17.1 Å². The Morgan fingerprint density at radius 1 is 1.04 bits per heavy atom. The van der Waals surface area contributed by atoms with Gasteiger partial charge in [-0.05, 0) is 36.2 Å². The van der Waals surface area contributed by atoms with E-state index in [0.717, 1.165) is 39.1 Å². The van der Waals surface area contributed by atoms with E-state index in [9.17, 15) is 0 Å². The Balaban J connectivity index is 2.05. The quantitative estimate of drug-likeness (QED) is 0.571. The van der Waals surface area contributed by atoms with Crippen LogP contribution in [0.1, 0.15) is 5.69 Å². The van der Waals surface area contributed by atoms with Gasteiger partial charge in [-0.3, -0.25) is 14.3 Å². The molecule has 0 aliphatic carbocycles. The molecule has 4 aromatic heterocycles. The summed E-state index contributed by atoms with van der Waals surface area (Å²) in [5.74, 6) is 0. The van der Waals surface area contributed by atoms with Gasteiger partial charge in [0.1, 0.15) is 0 Å². The third kappa shape index (κ3) is 2.19. The van der Waals surface area contributed by atoms with Crippen molar-refractivity contribution in [2.75, 3.05) is 0 Å². The van der Waals surface area contributed by atoms with Crippen LogP contribution in [0, 0.1) is 6.92 Å². The van der Waals surface area contributed by atoms with Crippen LogP contribution in [-0.4, -0.2) is 29.5 Å². The zero-order valence-corrected chi connectivity index (χ0v) is 13.2. The van der Waals surface area contributed by atoms with Crippen molar-refractivity contribution in [2.24, 2.45) is 14.1 Å². The van der Waals surface area contributed by atoms with Crippen molar-refractivity contribution < 1.29 is 0 Å². The van der Waals surface area contributed by atoms with E-state index in [4.69, 9.17) is 4.98 Å². The lowest BCUT2D eigenvalue weighted by Gasteiger charge is -2.06. The van der Waals surface area contributed by atoms with E-state index in [-0.39, 0.29) is 0 Å². The second kappa shape index (κ2) is 5.01. The lowest BCUT2D eigenvalue weighted by atomic mass is 10.0. The third-order valence-electron chi connectivity index (χ3n) is 4.08. The first-order chi connectivity index (χ1) is 11.1. The van der Waals surface area contributed by atoms with Gasteiger partial charge in [0.25, 0.3) is 0 Å². The van der Waals surface area contributed by atoms with Crippen LogP contribution in [0.25, 0.3) is 33.4 Å². The number of rotatable bonds is 2. The van der Waals surface area contributed by atoms with Crippen LogP contribution in [0.15, 0.2) is 43.0 Å². The van der Waals surface area contributed by atoms with Crippen LogP contribution in [0.2, 0.25) is 0 Å². The Kier molecular flexibility index (Phi) is 2.97. The Morgan fingerprint density at radius 3 is 2.52 bits per heavy atom. The Labute approximate surface area is 133 Å². The topological polar surface area (TPSA) is 61.4 Å². The van der Waals surface area contributed by atoms with Crippen LogP contribution in [-0.2, 0) is 14.1 Å². The monoisotopic (exact) mass is 304 g/mol. The third-order valence-corrected chi connectivity index (χ3v) is 4.08. The molecule has 4 rings (SSSR count). The van der Waals surface area contributed by atoms with Gasteiger partial charge in [-0.1, -0.05) is 0 Å². The lowest BCUT2D eigenvalue weighted by Crippen LogP contribution is -1.91. The minimum Gasteiger partial charge on any atom is -0.275 e. The van der Waals surface area contributed by atoms with Gasteiger partial charge in [-0.15, -0.1) is 0 Å². The molecule has 6 nitrogen and oxygen atoms in total. The maximum Gasteiger partial charge on any atom is 0.182 e. The van der Waals surface area contributed by atoms with Gasteiger partial charge in [0.2, 0.25) is 0 Å². The van der Waals surface area contributed by atoms with E-state index in [2.05, 4.69) is 28.2 Å². The number of aromatic nitrogens is 6. The maximum absolute atomic E-state index is 4.73. The SMILES string of the molecule is Cc1c2c(-c3ccncc3)cc(-c3cnn(C)c3)nc2nn1C. The Hall–Kier alpha value is -3.02. The predicted molar refractivity (Wildman–Crippen MR) is 88.7 cm³/mol. The van der Waals surface area contributed by atoms with E-state index in [0.29, 0.717) is 0 Å². The highest BCUT2D eigenvalue weighted by Gasteiger charge is 2.16. The molecule has 4 heterocycles. The molecule has 0 spiro atoms. The standard InChI is InChI=1S/C17H16N6/c1-11-16-14(12-4-6-18-7-5-12)8-15(13-9-19-22(2)10-13)20-17(16)21-23(11)3/h4-10H,1-3H3.